The fourth-order valence-corrected chi connectivity index (χ4v) is 4.66. The number of nitrogens with zero attached hydrogens (tertiary/aromatic N) is 1. The Morgan fingerprint density at radius 3 is 2.75 bits per heavy atom. The van der Waals surface area contributed by atoms with Crippen LogP contribution in [-0.2, 0) is 15.0 Å². The molecule has 94 valence electrons. The number of rotatable bonds is 5. The normalized spacial score (nSPS) is 27.1. The molecule has 1 aliphatic rings. The monoisotopic (exact) mass is 268 g/mol. The van der Waals surface area contributed by atoms with Crippen molar-refractivity contribution in [2.75, 3.05) is 12.3 Å². The number of hydrogen-bond donors (Lipinski definition) is 2. The van der Waals surface area contributed by atoms with E-state index in [1.54, 1.807) is 6.92 Å². The fraction of sp³-hybridized carbons (Fsp3) is 0.875. The molecule has 8 heteroatoms. The second kappa shape index (κ2) is 5.35. The summed E-state index contributed by atoms with van der Waals surface area (Å²) in [5, 5.41) is 8.61. The third-order valence-corrected chi connectivity index (χ3v) is 5.30. The molecule has 0 bridgehead atoms. The first-order valence-electron chi connectivity index (χ1n) is 5.02. The lowest BCUT2D eigenvalue weighted by Crippen LogP contribution is -2.49. The molecule has 6 nitrogen and oxygen atoms in total. The van der Waals surface area contributed by atoms with Crippen molar-refractivity contribution in [1.29, 1.82) is 0 Å². The van der Waals surface area contributed by atoms with Crippen LogP contribution in [0.1, 0.15) is 20.3 Å². The van der Waals surface area contributed by atoms with Gasteiger partial charge in [-0.25, -0.2) is 4.72 Å². The van der Waals surface area contributed by atoms with Crippen LogP contribution in [-0.4, -0.2) is 47.5 Å². The van der Waals surface area contributed by atoms with Crippen LogP contribution in [0.25, 0.3) is 0 Å². The predicted molar refractivity (Wildman–Crippen MR) is 62.4 cm³/mol. The SMILES string of the molecule is CCCNS(=O)(=O)N1C(C)SCC1C(=O)O. The van der Waals surface area contributed by atoms with E-state index >= 15 is 0 Å². The molecule has 16 heavy (non-hydrogen) atoms. The van der Waals surface area contributed by atoms with Crippen LogP contribution in [0.4, 0.5) is 0 Å². The summed E-state index contributed by atoms with van der Waals surface area (Å²) in [4.78, 5) is 10.9. The summed E-state index contributed by atoms with van der Waals surface area (Å²) in [5.74, 6) is -0.803. The van der Waals surface area contributed by atoms with E-state index in [4.69, 9.17) is 5.11 Å². The van der Waals surface area contributed by atoms with Gasteiger partial charge >= 0.3 is 5.97 Å². The van der Waals surface area contributed by atoms with Gasteiger partial charge in [-0.3, -0.25) is 4.79 Å². The Bertz CT molecular complexity index is 357. The molecule has 1 fully saturated rings. The van der Waals surface area contributed by atoms with Crippen molar-refractivity contribution < 1.29 is 18.3 Å². The van der Waals surface area contributed by atoms with Gasteiger partial charge in [-0.15, -0.1) is 11.8 Å². The topological polar surface area (TPSA) is 86.7 Å². The Morgan fingerprint density at radius 1 is 1.62 bits per heavy atom. The third-order valence-electron chi connectivity index (χ3n) is 2.26. The molecule has 0 amide bonds. The number of thioether (sulfide) groups is 1. The van der Waals surface area contributed by atoms with E-state index in [1.807, 2.05) is 6.92 Å². The minimum atomic E-state index is -3.68. The summed E-state index contributed by atoms with van der Waals surface area (Å²) in [6.07, 6.45) is 0.673. The number of carboxylic acids is 1. The number of hydrogen-bond acceptors (Lipinski definition) is 4. The molecular formula is C8H16N2O4S2. The Balaban J connectivity index is 2.86. The van der Waals surface area contributed by atoms with Crippen molar-refractivity contribution in [3.8, 4) is 0 Å². The third kappa shape index (κ3) is 2.88. The number of carbonyl (C=O) groups is 1. The van der Waals surface area contributed by atoms with Gasteiger partial charge in [0.1, 0.15) is 6.04 Å². The molecule has 1 heterocycles. The van der Waals surface area contributed by atoms with E-state index < -0.39 is 22.2 Å². The van der Waals surface area contributed by atoms with Crippen LogP contribution >= 0.6 is 11.8 Å². The first kappa shape index (κ1) is 13.8. The molecule has 1 aliphatic heterocycles. The first-order valence-corrected chi connectivity index (χ1v) is 7.51. The number of nitrogens with one attached hydrogen (secondary N) is 1. The molecule has 0 spiro atoms. The lowest BCUT2D eigenvalue weighted by Gasteiger charge is -2.24. The quantitative estimate of drug-likeness (QED) is 0.737. The van der Waals surface area contributed by atoms with Gasteiger partial charge in [0.25, 0.3) is 10.2 Å². The summed E-state index contributed by atoms with van der Waals surface area (Å²) in [6, 6.07) is -0.964. The van der Waals surface area contributed by atoms with Crippen LogP contribution in [0.2, 0.25) is 0 Å². The maximum Gasteiger partial charge on any atom is 0.322 e. The zero-order valence-electron chi connectivity index (χ0n) is 9.21. The molecule has 0 aliphatic carbocycles. The van der Waals surface area contributed by atoms with Gasteiger partial charge < -0.3 is 5.11 Å². The zero-order valence-corrected chi connectivity index (χ0v) is 10.8. The molecular weight excluding hydrogens is 252 g/mol. The average molecular weight is 268 g/mol. The van der Waals surface area contributed by atoms with Crippen molar-refractivity contribution in [1.82, 2.24) is 9.03 Å². The van der Waals surface area contributed by atoms with Crippen LogP contribution in [0.3, 0.4) is 0 Å². The molecule has 0 aromatic rings. The van der Waals surface area contributed by atoms with E-state index in [2.05, 4.69) is 4.72 Å². The van der Waals surface area contributed by atoms with Gasteiger partial charge in [0.2, 0.25) is 0 Å². The van der Waals surface area contributed by atoms with Crippen LogP contribution in [0, 0.1) is 0 Å². The van der Waals surface area contributed by atoms with Gasteiger partial charge in [0.15, 0.2) is 0 Å². The molecule has 2 N–H and O–H groups in total. The zero-order chi connectivity index (χ0) is 12.3. The highest BCUT2D eigenvalue weighted by molar-refractivity contribution is 8.01. The minimum absolute atomic E-state index is 0.295. The second-order valence-electron chi connectivity index (χ2n) is 3.52. The summed E-state index contributed by atoms with van der Waals surface area (Å²) in [7, 11) is -3.68. The highest BCUT2D eigenvalue weighted by atomic mass is 32.2. The van der Waals surface area contributed by atoms with Gasteiger partial charge in [0, 0.05) is 12.3 Å². The first-order chi connectivity index (χ1) is 7.40. The minimum Gasteiger partial charge on any atom is -0.480 e. The highest BCUT2D eigenvalue weighted by Gasteiger charge is 2.43. The molecule has 0 radical (unpaired) electrons. The van der Waals surface area contributed by atoms with Crippen molar-refractivity contribution in [3.63, 3.8) is 0 Å². The molecule has 2 unspecified atom stereocenters. The fourth-order valence-electron chi connectivity index (χ4n) is 1.48. The maximum absolute atomic E-state index is 11.9. The molecule has 1 rings (SSSR count). The Hall–Kier alpha value is -0.310. The van der Waals surface area contributed by atoms with Crippen LogP contribution < -0.4 is 4.72 Å². The highest BCUT2D eigenvalue weighted by Crippen LogP contribution is 2.30. The van der Waals surface area contributed by atoms with Crippen molar-refractivity contribution in [3.05, 3.63) is 0 Å². The summed E-state index contributed by atoms with van der Waals surface area (Å²) < 4.78 is 27.1. The summed E-state index contributed by atoms with van der Waals surface area (Å²) in [6.45, 7) is 3.86. The van der Waals surface area contributed by atoms with E-state index in [0.29, 0.717) is 18.7 Å². The van der Waals surface area contributed by atoms with Crippen LogP contribution in [0.5, 0.6) is 0 Å². The molecule has 0 aromatic heterocycles. The number of aliphatic carboxylic acids is 1. The van der Waals surface area contributed by atoms with E-state index in [9.17, 15) is 13.2 Å². The smallest absolute Gasteiger partial charge is 0.322 e. The summed E-state index contributed by atoms with van der Waals surface area (Å²) in [5.41, 5.74) is 0. The lowest BCUT2D eigenvalue weighted by atomic mass is 10.3. The Morgan fingerprint density at radius 2 is 2.25 bits per heavy atom. The van der Waals surface area contributed by atoms with Gasteiger partial charge in [-0.05, 0) is 13.3 Å². The van der Waals surface area contributed by atoms with E-state index in [-0.39, 0.29) is 5.37 Å². The summed E-state index contributed by atoms with van der Waals surface area (Å²) >= 11 is 1.33. The van der Waals surface area contributed by atoms with E-state index in [0.717, 1.165) is 4.31 Å². The van der Waals surface area contributed by atoms with Crippen molar-refractivity contribution in [2.45, 2.75) is 31.7 Å². The van der Waals surface area contributed by atoms with Gasteiger partial charge in [0.05, 0.1) is 5.37 Å². The Labute approximate surface area is 99.6 Å². The molecule has 2 atom stereocenters. The predicted octanol–water partition coefficient (Wildman–Crippen LogP) is 0.0788. The lowest BCUT2D eigenvalue weighted by molar-refractivity contribution is -0.140. The molecule has 0 saturated carbocycles. The number of carboxylic acid groups (broad SMARTS) is 1. The average Bonchev–Trinajstić information content (AvgIpc) is 2.58. The van der Waals surface area contributed by atoms with E-state index in [1.165, 1.54) is 11.8 Å². The molecule has 0 aromatic carbocycles. The van der Waals surface area contributed by atoms with Crippen LogP contribution in [0.15, 0.2) is 0 Å². The largest absolute Gasteiger partial charge is 0.480 e. The van der Waals surface area contributed by atoms with Gasteiger partial charge in [-0.1, -0.05) is 6.92 Å². The van der Waals surface area contributed by atoms with Crippen molar-refractivity contribution in [2.24, 2.45) is 0 Å². The van der Waals surface area contributed by atoms with Gasteiger partial charge in [-0.2, -0.15) is 12.7 Å². The second-order valence-corrected chi connectivity index (χ2v) is 6.53. The van der Waals surface area contributed by atoms with Crippen molar-refractivity contribution >= 4 is 27.9 Å². The Kier molecular flexibility index (Phi) is 4.60. The maximum atomic E-state index is 11.9. The molecule has 1 saturated heterocycles. The standard InChI is InChI=1S/C8H16N2O4S2/c1-3-4-9-16(13,14)10-6(2)15-5-7(10)8(11)12/h6-7,9H,3-5H2,1-2H3,(H,11,12).